The van der Waals surface area contributed by atoms with Crippen molar-refractivity contribution >= 4 is 35.6 Å². The van der Waals surface area contributed by atoms with Gasteiger partial charge in [-0.1, -0.05) is 65.5 Å². The SMILES string of the molecule is CC(C)CCC[C@@H](C)C1CCC2[C@@H]3CC=C4C[C@@H](NCCCCC(=O)NCCC(=O)NCCC(=O)NCCCC[C@@H](C(=O)O)N(CC(=O)O)CC(=O)O)CCC4(C)C3CCC21C. The maximum atomic E-state index is 12.4. The quantitative estimate of drug-likeness (QED) is 0.0339. The minimum atomic E-state index is -1.33. The Labute approximate surface area is 370 Å². The van der Waals surface area contributed by atoms with E-state index in [4.69, 9.17) is 10.2 Å². The van der Waals surface area contributed by atoms with E-state index in [1.165, 1.54) is 64.2 Å². The molecule has 3 amide bonds. The van der Waals surface area contributed by atoms with Gasteiger partial charge in [0.05, 0.1) is 13.1 Å². The molecule has 5 unspecified atom stereocenters. The first-order chi connectivity index (χ1) is 29.4. The first-order valence-electron chi connectivity index (χ1n) is 24.1. The number of amides is 3. The maximum absolute atomic E-state index is 12.4. The average Bonchev–Trinajstić information content (AvgIpc) is 3.55. The lowest BCUT2D eigenvalue weighted by Crippen LogP contribution is -2.51. The molecular weight excluding hydrogens is 791 g/mol. The number of carboxylic acids is 3. The van der Waals surface area contributed by atoms with Crippen LogP contribution in [0.1, 0.15) is 157 Å². The summed E-state index contributed by atoms with van der Waals surface area (Å²) >= 11 is 0. The van der Waals surface area contributed by atoms with Crippen molar-refractivity contribution in [3.63, 3.8) is 0 Å². The highest BCUT2D eigenvalue weighted by atomic mass is 16.4. The number of fused-ring (bicyclic) bond motifs is 5. The molecule has 3 saturated carbocycles. The predicted molar refractivity (Wildman–Crippen MR) is 239 cm³/mol. The van der Waals surface area contributed by atoms with Crippen LogP contribution in [0.15, 0.2) is 11.6 Å². The second kappa shape index (κ2) is 24.5. The summed E-state index contributed by atoms with van der Waals surface area (Å²) in [5, 5.41) is 39.5. The highest BCUT2D eigenvalue weighted by molar-refractivity contribution is 5.80. The number of unbranched alkanes of at least 4 members (excludes halogenated alkanes) is 2. The fourth-order valence-electron chi connectivity index (χ4n) is 12.2. The minimum absolute atomic E-state index is 0.0218. The third kappa shape index (κ3) is 14.8. The monoisotopic (exact) mass is 872 g/mol. The fourth-order valence-corrected chi connectivity index (χ4v) is 12.2. The smallest absolute Gasteiger partial charge is 0.320 e. The van der Waals surface area contributed by atoms with Gasteiger partial charge in [0, 0.05) is 44.9 Å². The summed E-state index contributed by atoms with van der Waals surface area (Å²) < 4.78 is 0. The highest BCUT2D eigenvalue weighted by Gasteiger charge is 2.59. The lowest BCUT2D eigenvalue weighted by Gasteiger charge is -2.58. The summed E-state index contributed by atoms with van der Waals surface area (Å²) in [6.45, 7) is 12.6. The van der Waals surface area contributed by atoms with Gasteiger partial charge in [-0.3, -0.25) is 33.7 Å². The molecule has 14 heteroatoms. The molecule has 352 valence electrons. The van der Waals surface area contributed by atoms with Gasteiger partial charge in [0.1, 0.15) is 6.04 Å². The van der Waals surface area contributed by atoms with Crippen molar-refractivity contribution in [1.29, 1.82) is 0 Å². The number of carbonyl (C=O) groups is 6. The summed E-state index contributed by atoms with van der Waals surface area (Å²) in [6.07, 6.45) is 20.4. The molecule has 0 radical (unpaired) electrons. The van der Waals surface area contributed by atoms with Gasteiger partial charge >= 0.3 is 17.9 Å². The molecule has 0 aliphatic heterocycles. The highest BCUT2D eigenvalue weighted by Crippen LogP contribution is 2.67. The zero-order valence-corrected chi connectivity index (χ0v) is 38.6. The second-order valence-electron chi connectivity index (χ2n) is 20.2. The third-order valence-corrected chi connectivity index (χ3v) is 15.5. The molecule has 0 saturated heterocycles. The Hall–Kier alpha value is -3.52. The normalized spacial score (nSPS) is 27.6. The van der Waals surface area contributed by atoms with Gasteiger partial charge in [-0.05, 0) is 136 Å². The van der Waals surface area contributed by atoms with Crippen LogP contribution in [0.5, 0.6) is 0 Å². The number of carboxylic acid groups (broad SMARTS) is 3. The molecular formula is C48H81N5O9. The summed E-state index contributed by atoms with van der Waals surface area (Å²) in [5.41, 5.74) is 2.57. The Bertz CT molecular complexity index is 1540. The molecule has 0 aromatic carbocycles. The van der Waals surface area contributed by atoms with Crippen molar-refractivity contribution in [1.82, 2.24) is 26.2 Å². The van der Waals surface area contributed by atoms with Crippen LogP contribution in [-0.4, -0.2) is 107 Å². The van der Waals surface area contributed by atoms with Gasteiger partial charge in [0.2, 0.25) is 17.7 Å². The van der Waals surface area contributed by atoms with Crippen molar-refractivity contribution in [2.75, 3.05) is 39.3 Å². The lowest BCUT2D eigenvalue weighted by molar-refractivity contribution is -0.149. The van der Waals surface area contributed by atoms with Crippen LogP contribution < -0.4 is 21.3 Å². The topological polar surface area (TPSA) is 214 Å². The molecule has 7 N–H and O–H groups in total. The molecule has 9 atom stereocenters. The van der Waals surface area contributed by atoms with Gasteiger partial charge < -0.3 is 36.6 Å². The van der Waals surface area contributed by atoms with Crippen molar-refractivity contribution in [3.05, 3.63) is 11.6 Å². The van der Waals surface area contributed by atoms with E-state index in [2.05, 4.69) is 62.0 Å². The standard InChI is InChI=1S/C48H81N5O9/c1-32(2)11-10-12-33(3)37-17-18-38-36-16-15-34-29-35(19-23-47(34,4)39(36)20-24-48(37,38)5)49-25-9-7-14-41(54)51-27-22-43(56)52-28-21-42(55)50-26-8-6-13-40(46(61)62)53(30-44(57)58)31-45(59)60/h15,32-33,35-40,49H,6-14,16-31H2,1-5H3,(H,50,55)(H,51,54)(H,52,56)(H,57,58)(H,59,60)(H,61,62)/t33-,35+,36+,37?,38?,39?,40+,47?,48?/m1/s1. The van der Waals surface area contributed by atoms with Gasteiger partial charge in [0.15, 0.2) is 0 Å². The van der Waals surface area contributed by atoms with Crippen molar-refractivity contribution in [2.45, 2.75) is 169 Å². The summed E-state index contributed by atoms with van der Waals surface area (Å²) in [4.78, 5) is 71.5. The van der Waals surface area contributed by atoms with Crippen LogP contribution in [-0.2, 0) is 28.8 Å². The van der Waals surface area contributed by atoms with E-state index < -0.39 is 37.0 Å². The number of rotatable bonds is 28. The first kappa shape index (κ1) is 51.1. The summed E-state index contributed by atoms with van der Waals surface area (Å²) in [6, 6.07) is -0.776. The molecule has 62 heavy (non-hydrogen) atoms. The van der Waals surface area contributed by atoms with Gasteiger partial charge in [-0.25, -0.2) is 0 Å². The van der Waals surface area contributed by atoms with Crippen molar-refractivity contribution < 1.29 is 44.1 Å². The summed E-state index contributed by atoms with van der Waals surface area (Å²) in [5.74, 6) is 0.496. The van der Waals surface area contributed by atoms with Gasteiger partial charge in [-0.15, -0.1) is 0 Å². The minimum Gasteiger partial charge on any atom is -0.480 e. The summed E-state index contributed by atoms with van der Waals surface area (Å²) in [7, 11) is 0. The van der Waals surface area contributed by atoms with Crippen LogP contribution in [0.4, 0.5) is 0 Å². The van der Waals surface area contributed by atoms with Crippen LogP contribution in [0.25, 0.3) is 0 Å². The molecule has 4 aliphatic carbocycles. The Kier molecular flexibility index (Phi) is 20.2. The maximum Gasteiger partial charge on any atom is 0.320 e. The van der Waals surface area contributed by atoms with E-state index in [1.807, 2.05) is 0 Å². The molecule has 0 heterocycles. The number of nitrogens with one attached hydrogen (secondary N) is 4. The second-order valence-corrected chi connectivity index (χ2v) is 20.2. The van der Waals surface area contributed by atoms with Crippen molar-refractivity contribution in [3.8, 4) is 0 Å². The van der Waals surface area contributed by atoms with Crippen LogP contribution in [0.3, 0.4) is 0 Å². The van der Waals surface area contributed by atoms with Crippen LogP contribution >= 0.6 is 0 Å². The van der Waals surface area contributed by atoms with Crippen LogP contribution in [0, 0.1) is 46.3 Å². The fraction of sp³-hybridized carbons (Fsp3) is 0.833. The number of hydrogen-bond donors (Lipinski definition) is 7. The number of allylic oxidation sites excluding steroid dienone is 1. The number of hydrogen-bond acceptors (Lipinski definition) is 8. The molecule has 0 spiro atoms. The Balaban J connectivity index is 1.03. The first-order valence-corrected chi connectivity index (χ1v) is 24.1. The molecule has 3 fully saturated rings. The number of aliphatic carboxylic acids is 3. The van der Waals surface area contributed by atoms with E-state index in [1.54, 1.807) is 5.57 Å². The van der Waals surface area contributed by atoms with Crippen molar-refractivity contribution in [2.24, 2.45) is 46.3 Å². The van der Waals surface area contributed by atoms with E-state index in [0.29, 0.717) is 36.1 Å². The Morgan fingerprint density at radius 2 is 1.32 bits per heavy atom. The average molecular weight is 872 g/mol. The van der Waals surface area contributed by atoms with E-state index in [0.717, 1.165) is 66.2 Å². The Morgan fingerprint density at radius 1 is 0.694 bits per heavy atom. The third-order valence-electron chi connectivity index (χ3n) is 15.5. The molecule has 4 aliphatic rings. The zero-order valence-electron chi connectivity index (χ0n) is 38.6. The van der Waals surface area contributed by atoms with Crippen LogP contribution in [0.2, 0.25) is 0 Å². The van der Waals surface area contributed by atoms with E-state index in [9.17, 15) is 33.9 Å². The Morgan fingerprint density at radius 3 is 1.95 bits per heavy atom. The lowest BCUT2D eigenvalue weighted by atomic mass is 9.47. The zero-order chi connectivity index (χ0) is 45.5. The van der Waals surface area contributed by atoms with Gasteiger partial charge in [0.25, 0.3) is 0 Å². The molecule has 0 aromatic heterocycles. The largest absolute Gasteiger partial charge is 0.480 e. The predicted octanol–water partition coefficient (Wildman–Crippen LogP) is 6.38. The molecule has 0 bridgehead atoms. The molecule has 4 rings (SSSR count). The number of carbonyl (C=O) groups excluding carboxylic acids is 3. The van der Waals surface area contributed by atoms with E-state index in [-0.39, 0.29) is 56.6 Å². The number of nitrogens with zero attached hydrogens (tertiary/aromatic N) is 1. The van der Waals surface area contributed by atoms with E-state index >= 15 is 0 Å². The van der Waals surface area contributed by atoms with Gasteiger partial charge in [-0.2, -0.15) is 0 Å². The molecule has 14 nitrogen and oxygen atoms in total. The molecule has 0 aromatic rings.